The molecule has 0 fully saturated rings. The second-order valence-electron chi connectivity index (χ2n) is 3.57. The average Bonchev–Trinajstić information content (AvgIpc) is 2.28. The Hall–Kier alpha value is -2.03. The first-order valence-electron chi connectivity index (χ1n) is 5.30. The summed E-state index contributed by atoms with van der Waals surface area (Å²) in [6, 6.07) is 5.95. The minimum Gasteiger partial charge on any atom is -0.462 e. The third-order valence-electron chi connectivity index (χ3n) is 2.12. The summed E-state index contributed by atoms with van der Waals surface area (Å²) in [6.45, 7) is 9.31. The van der Waals surface area contributed by atoms with E-state index in [1.54, 1.807) is 18.2 Å². The minimum atomic E-state index is -0.289. The lowest BCUT2D eigenvalue weighted by Crippen LogP contribution is -1.96. The van der Waals surface area contributed by atoms with Crippen molar-refractivity contribution >= 4 is 5.76 Å². The molecule has 0 saturated heterocycles. The van der Waals surface area contributed by atoms with E-state index in [0.717, 1.165) is 5.56 Å². The van der Waals surface area contributed by atoms with Crippen molar-refractivity contribution in [3.8, 4) is 0 Å². The van der Waals surface area contributed by atoms with Gasteiger partial charge in [0.1, 0.15) is 17.3 Å². The van der Waals surface area contributed by atoms with E-state index in [-0.39, 0.29) is 5.82 Å². The van der Waals surface area contributed by atoms with E-state index in [9.17, 15) is 4.39 Å². The van der Waals surface area contributed by atoms with Crippen LogP contribution >= 0.6 is 0 Å². The Morgan fingerprint density at radius 3 is 2.41 bits per heavy atom. The molecular formula is C14H16FNO. The summed E-state index contributed by atoms with van der Waals surface area (Å²) in [5, 5.41) is 0. The van der Waals surface area contributed by atoms with Gasteiger partial charge in [-0.05, 0) is 30.3 Å². The van der Waals surface area contributed by atoms with Crippen molar-refractivity contribution in [2.24, 2.45) is 5.73 Å². The summed E-state index contributed by atoms with van der Waals surface area (Å²) in [7, 11) is 0. The van der Waals surface area contributed by atoms with E-state index in [0.29, 0.717) is 23.6 Å². The highest BCUT2D eigenvalue weighted by molar-refractivity contribution is 5.58. The van der Waals surface area contributed by atoms with Crippen molar-refractivity contribution in [2.75, 3.05) is 0 Å². The molecule has 0 radical (unpaired) electrons. The Labute approximate surface area is 101 Å². The third kappa shape index (κ3) is 4.15. The van der Waals surface area contributed by atoms with Gasteiger partial charge in [0.05, 0.1) is 0 Å². The van der Waals surface area contributed by atoms with Gasteiger partial charge in [-0.1, -0.05) is 20.1 Å². The summed E-state index contributed by atoms with van der Waals surface area (Å²) >= 11 is 0. The molecule has 0 atom stereocenters. The molecule has 1 aromatic rings. The monoisotopic (exact) mass is 233 g/mol. The van der Waals surface area contributed by atoms with Crippen molar-refractivity contribution in [1.82, 2.24) is 0 Å². The summed E-state index contributed by atoms with van der Waals surface area (Å²) in [5.74, 6) is 0.842. The quantitative estimate of drug-likeness (QED) is 0.623. The maximum absolute atomic E-state index is 12.7. The van der Waals surface area contributed by atoms with E-state index >= 15 is 0 Å². The van der Waals surface area contributed by atoms with E-state index in [1.165, 1.54) is 12.1 Å². The van der Waals surface area contributed by atoms with E-state index < -0.39 is 0 Å². The van der Waals surface area contributed by atoms with Crippen molar-refractivity contribution in [3.63, 3.8) is 0 Å². The Balaban J connectivity index is 2.78. The lowest BCUT2D eigenvalue weighted by Gasteiger charge is -2.11. The molecule has 0 saturated carbocycles. The molecular weight excluding hydrogens is 217 g/mol. The molecule has 0 aliphatic rings. The molecule has 0 bridgehead atoms. The van der Waals surface area contributed by atoms with Crippen LogP contribution in [0.5, 0.6) is 0 Å². The van der Waals surface area contributed by atoms with Crippen molar-refractivity contribution in [3.05, 3.63) is 66.3 Å². The topological polar surface area (TPSA) is 35.2 Å². The molecule has 0 aliphatic heterocycles. The summed E-state index contributed by atoms with van der Waals surface area (Å²) in [5.41, 5.74) is 6.63. The molecule has 0 heterocycles. The van der Waals surface area contributed by atoms with Crippen LogP contribution in [0.15, 0.2) is 55.0 Å². The van der Waals surface area contributed by atoms with Crippen LogP contribution in [0.1, 0.15) is 18.9 Å². The first kappa shape index (κ1) is 13.0. The van der Waals surface area contributed by atoms with Crippen LogP contribution in [0.4, 0.5) is 4.39 Å². The zero-order chi connectivity index (χ0) is 12.8. The Morgan fingerprint density at radius 1 is 1.35 bits per heavy atom. The predicted molar refractivity (Wildman–Crippen MR) is 68.2 cm³/mol. The lowest BCUT2D eigenvalue weighted by atomic mass is 10.2. The third-order valence-corrected chi connectivity index (χ3v) is 2.12. The smallest absolute Gasteiger partial charge is 0.126 e. The number of ether oxygens (including phenoxy) is 1. The molecule has 0 unspecified atom stereocenters. The average molecular weight is 233 g/mol. The Kier molecular flexibility index (Phi) is 4.52. The number of rotatable bonds is 5. The van der Waals surface area contributed by atoms with Crippen LogP contribution in [0, 0.1) is 5.82 Å². The standard InChI is InChI=1S/C14H16FNO/c1-4-14(9-10(2)16)17-11(3)12-5-7-13(15)8-6-12/h5-9H,2-4,16H2,1H3/b14-9+. The Bertz CT molecular complexity index is 446. The van der Waals surface area contributed by atoms with Crippen LogP contribution < -0.4 is 5.73 Å². The molecule has 0 amide bonds. The largest absolute Gasteiger partial charge is 0.462 e. The molecule has 1 rings (SSSR count). The van der Waals surface area contributed by atoms with Gasteiger partial charge in [-0.25, -0.2) is 4.39 Å². The fourth-order valence-corrected chi connectivity index (χ4v) is 1.26. The van der Waals surface area contributed by atoms with Crippen molar-refractivity contribution < 1.29 is 9.13 Å². The van der Waals surface area contributed by atoms with Crippen LogP contribution in [0.3, 0.4) is 0 Å². The first-order valence-corrected chi connectivity index (χ1v) is 5.30. The van der Waals surface area contributed by atoms with Crippen LogP contribution in [-0.2, 0) is 4.74 Å². The van der Waals surface area contributed by atoms with Gasteiger partial charge < -0.3 is 10.5 Å². The van der Waals surface area contributed by atoms with Crippen LogP contribution in [0.2, 0.25) is 0 Å². The SMILES string of the molecule is C=C(N)/C=C(\CC)OC(=C)c1ccc(F)cc1. The van der Waals surface area contributed by atoms with E-state index in [1.807, 2.05) is 6.92 Å². The number of hydrogen-bond acceptors (Lipinski definition) is 2. The number of nitrogens with two attached hydrogens (primary N) is 1. The second kappa shape index (κ2) is 5.89. The zero-order valence-corrected chi connectivity index (χ0v) is 9.87. The zero-order valence-electron chi connectivity index (χ0n) is 9.87. The maximum atomic E-state index is 12.7. The van der Waals surface area contributed by atoms with Gasteiger partial charge in [0, 0.05) is 17.7 Å². The van der Waals surface area contributed by atoms with Crippen molar-refractivity contribution in [2.45, 2.75) is 13.3 Å². The molecule has 3 heteroatoms. The van der Waals surface area contributed by atoms with Crippen LogP contribution in [-0.4, -0.2) is 0 Å². The van der Waals surface area contributed by atoms with Gasteiger partial charge in [-0.3, -0.25) is 0 Å². The number of hydrogen-bond donors (Lipinski definition) is 1. The minimum absolute atomic E-state index is 0.289. The fourth-order valence-electron chi connectivity index (χ4n) is 1.26. The molecule has 0 aliphatic carbocycles. The normalized spacial score (nSPS) is 11.1. The predicted octanol–water partition coefficient (Wildman–Crippen LogP) is 3.58. The molecule has 90 valence electrons. The highest BCUT2D eigenvalue weighted by Gasteiger charge is 2.03. The maximum Gasteiger partial charge on any atom is 0.126 e. The lowest BCUT2D eigenvalue weighted by molar-refractivity contribution is 0.368. The Morgan fingerprint density at radius 2 is 1.94 bits per heavy atom. The molecule has 2 N–H and O–H groups in total. The van der Waals surface area contributed by atoms with Gasteiger partial charge in [-0.15, -0.1) is 0 Å². The highest BCUT2D eigenvalue weighted by Crippen LogP contribution is 2.19. The summed E-state index contributed by atoms with van der Waals surface area (Å²) < 4.78 is 18.3. The highest BCUT2D eigenvalue weighted by atomic mass is 19.1. The number of benzene rings is 1. The van der Waals surface area contributed by atoms with E-state index in [2.05, 4.69) is 13.2 Å². The van der Waals surface area contributed by atoms with Gasteiger partial charge in [0.25, 0.3) is 0 Å². The van der Waals surface area contributed by atoms with Gasteiger partial charge in [-0.2, -0.15) is 0 Å². The van der Waals surface area contributed by atoms with Gasteiger partial charge in [0.15, 0.2) is 0 Å². The van der Waals surface area contributed by atoms with Gasteiger partial charge >= 0.3 is 0 Å². The number of allylic oxidation sites excluding steroid dienone is 2. The summed E-state index contributed by atoms with van der Waals surface area (Å²) in [6.07, 6.45) is 2.32. The van der Waals surface area contributed by atoms with Crippen molar-refractivity contribution in [1.29, 1.82) is 0 Å². The molecule has 1 aromatic carbocycles. The molecule has 2 nitrogen and oxygen atoms in total. The molecule has 0 spiro atoms. The molecule has 0 aromatic heterocycles. The first-order chi connectivity index (χ1) is 8.02. The summed E-state index contributed by atoms with van der Waals surface area (Å²) in [4.78, 5) is 0. The van der Waals surface area contributed by atoms with Gasteiger partial charge in [0.2, 0.25) is 0 Å². The van der Waals surface area contributed by atoms with Crippen LogP contribution in [0.25, 0.3) is 5.76 Å². The molecule has 17 heavy (non-hydrogen) atoms. The van der Waals surface area contributed by atoms with E-state index in [4.69, 9.17) is 10.5 Å². The number of halogens is 1. The second-order valence-corrected chi connectivity index (χ2v) is 3.57. The fraction of sp³-hybridized carbons (Fsp3) is 0.143.